The normalized spacial score (nSPS) is 23.9. The molecule has 0 aromatic heterocycles. The van der Waals surface area contributed by atoms with Gasteiger partial charge in [0, 0.05) is 23.7 Å². The second kappa shape index (κ2) is 7.06. The van der Waals surface area contributed by atoms with Crippen molar-refractivity contribution >= 4 is 15.9 Å². The lowest BCUT2D eigenvalue weighted by molar-refractivity contribution is 0.101. The summed E-state index contributed by atoms with van der Waals surface area (Å²) in [5, 5.41) is 3.69. The predicted octanol–water partition coefficient (Wildman–Crippen LogP) is 4.24. The van der Waals surface area contributed by atoms with E-state index in [2.05, 4.69) is 45.5 Å². The Kier molecular flexibility index (Phi) is 5.14. The van der Waals surface area contributed by atoms with Gasteiger partial charge in [-0.15, -0.1) is 0 Å². The van der Waals surface area contributed by atoms with Gasteiger partial charge in [0.05, 0.1) is 6.10 Å². The van der Waals surface area contributed by atoms with E-state index in [0.717, 1.165) is 23.7 Å². The maximum absolute atomic E-state index is 5.77. The third kappa shape index (κ3) is 4.31. The molecule has 0 amide bonds. The van der Waals surface area contributed by atoms with E-state index < -0.39 is 0 Å². The molecule has 1 saturated carbocycles. The molecule has 0 radical (unpaired) electrons. The topological polar surface area (TPSA) is 21.3 Å². The van der Waals surface area contributed by atoms with Crippen LogP contribution in [0.4, 0.5) is 0 Å². The first-order valence-electron chi connectivity index (χ1n) is 7.92. The van der Waals surface area contributed by atoms with Crippen molar-refractivity contribution in [2.45, 2.75) is 56.6 Å². The standard InChI is InChI=1S/C17H24BrNO/c18-15-6-3-13(4-7-15)14(12-19-16-8-9-16)5-10-17-2-1-11-20-17/h3-4,6-7,14,16-17,19H,1-2,5,8-12H2. The van der Waals surface area contributed by atoms with E-state index >= 15 is 0 Å². The first kappa shape index (κ1) is 14.6. The lowest BCUT2D eigenvalue weighted by Crippen LogP contribution is -2.24. The maximum atomic E-state index is 5.77. The smallest absolute Gasteiger partial charge is 0.0576 e. The molecular weight excluding hydrogens is 314 g/mol. The fourth-order valence-electron chi connectivity index (χ4n) is 2.98. The third-order valence-corrected chi connectivity index (χ3v) is 4.96. The molecule has 20 heavy (non-hydrogen) atoms. The summed E-state index contributed by atoms with van der Waals surface area (Å²) in [6.45, 7) is 2.08. The van der Waals surface area contributed by atoms with E-state index in [-0.39, 0.29) is 0 Å². The van der Waals surface area contributed by atoms with Crippen LogP contribution < -0.4 is 5.32 Å². The largest absolute Gasteiger partial charge is 0.378 e. The van der Waals surface area contributed by atoms with Crippen LogP contribution in [-0.4, -0.2) is 25.3 Å². The number of halogens is 1. The Balaban J connectivity index is 1.57. The van der Waals surface area contributed by atoms with Gasteiger partial charge >= 0.3 is 0 Å². The van der Waals surface area contributed by atoms with Crippen molar-refractivity contribution in [2.24, 2.45) is 0 Å². The number of hydrogen-bond donors (Lipinski definition) is 1. The molecule has 3 rings (SSSR count). The molecule has 1 aliphatic carbocycles. The molecule has 2 aliphatic rings. The molecule has 2 unspecified atom stereocenters. The molecule has 2 fully saturated rings. The summed E-state index contributed by atoms with van der Waals surface area (Å²) < 4.78 is 6.93. The van der Waals surface area contributed by atoms with Crippen LogP contribution in [0.25, 0.3) is 0 Å². The number of benzene rings is 1. The van der Waals surface area contributed by atoms with Crippen LogP contribution in [0.15, 0.2) is 28.7 Å². The van der Waals surface area contributed by atoms with Gasteiger partial charge in [0.25, 0.3) is 0 Å². The Morgan fingerprint density at radius 1 is 1.20 bits per heavy atom. The number of rotatable bonds is 7. The minimum absolute atomic E-state index is 0.508. The Morgan fingerprint density at radius 3 is 2.65 bits per heavy atom. The Labute approximate surface area is 130 Å². The molecule has 1 saturated heterocycles. The van der Waals surface area contributed by atoms with Crippen LogP contribution in [0.3, 0.4) is 0 Å². The molecule has 1 N–H and O–H groups in total. The zero-order valence-corrected chi connectivity index (χ0v) is 13.6. The third-order valence-electron chi connectivity index (χ3n) is 4.43. The SMILES string of the molecule is Brc1ccc(C(CCC2CCCO2)CNC2CC2)cc1. The van der Waals surface area contributed by atoms with Gasteiger partial charge in [-0.25, -0.2) is 0 Å². The predicted molar refractivity (Wildman–Crippen MR) is 86.1 cm³/mol. The van der Waals surface area contributed by atoms with Crippen molar-refractivity contribution in [3.63, 3.8) is 0 Å². The van der Waals surface area contributed by atoms with Crippen molar-refractivity contribution in [2.75, 3.05) is 13.2 Å². The lowest BCUT2D eigenvalue weighted by atomic mass is 9.92. The highest BCUT2D eigenvalue weighted by molar-refractivity contribution is 9.10. The minimum atomic E-state index is 0.508. The monoisotopic (exact) mass is 337 g/mol. The zero-order chi connectivity index (χ0) is 13.8. The Hall–Kier alpha value is -0.380. The second-order valence-corrected chi connectivity index (χ2v) is 7.06. The highest BCUT2D eigenvalue weighted by atomic mass is 79.9. The van der Waals surface area contributed by atoms with E-state index in [1.165, 1.54) is 44.1 Å². The molecule has 1 heterocycles. The van der Waals surface area contributed by atoms with Crippen molar-refractivity contribution in [3.8, 4) is 0 Å². The van der Waals surface area contributed by atoms with E-state index in [1.54, 1.807) is 0 Å². The summed E-state index contributed by atoms with van der Waals surface area (Å²) in [7, 11) is 0. The van der Waals surface area contributed by atoms with Crippen LogP contribution in [-0.2, 0) is 4.74 Å². The Morgan fingerprint density at radius 2 is 2.00 bits per heavy atom. The highest BCUT2D eigenvalue weighted by Crippen LogP contribution is 2.28. The lowest BCUT2D eigenvalue weighted by Gasteiger charge is -2.20. The van der Waals surface area contributed by atoms with E-state index in [0.29, 0.717) is 12.0 Å². The van der Waals surface area contributed by atoms with Gasteiger partial charge in [0.1, 0.15) is 0 Å². The molecule has 1 aromatic carbocycles. The van der Waals surface area contributed by atoms with Gasteiger partial charge in [-0.1, -0.05) is 28.1 Å². The average molecular weight is 338 g/mol. The van der Waals surface area contributed by atoms with Crippen LogP contribution in [0.1, 0.15) is 50.0 Å². The van der Waals surface area contributed by atoms with Crippen molar-refractivity contribution < 1.29 is 4.74 Å². The molecule has 3 heteroatoms. The van der Waals surface area contributed by atoms with Gasteiger partial charge in [-0.2, -0.15) is 0 Å². The van der Waals surface area contributed by atoms with Crippen LogP contribution in [0.2, 0.25) is 0 Å². The zero-order valence-electron chi connectivity index (χ0n) is 12.0. The van der Waals surface area contributed by atoms with E-state index in [1.807, 2.05) is 0 Å². The molecule has 110 valence electrons. The first-order chi connectivity index (χ1) is 9.81. The molecule has 0 bridgehead atoms. The molecule has 2 atom stereocenters. The van der Waals surface area contributed by atoms with Crippen molar-refractivity contribution in [1.29, 1.82) is 0 Å². The number of hydrogen-bond acceptors (Lipinski definition) is 2. The van der Waals surface area contributed by atoms with Gasteiger partial charge in [-0.3, -0.25) is 0 Å². The minimum Gasteiger partial charge on any atom is -0.378 e. The van der Waals surface area contributed by atoms with Gasteiger partial charge in [0.15, 0.2) is 0 Å². The summed E-state index contributed by atoms with van der Waals surface area (Å²) >= 11 is 3.52. The molecule has 1 aliphatic heterocycles. The van der Waals surface area contributed by atoms with Crippen LogP contribution in [0, 0.1) is 0 Å². The van der Waals surface area contributed by atoms with Crippen molar-refractivity contribution in [1.82, 2.24) is 5.32 Å². The quantitative estimate of drug-likeness (QED) is 0.803. The van der Waals surface area contributed by atoms with Crippen molar-refractivity contribution in [3.05, 3.63) is 34.3 Å². The highest BCUT2D eigenvalue weighted by Gasteiger charge is 2.23. The van der Waals surface area contributed by atoms with Crippen LogP contribution in [0.5, 0.6) is 0 Å². The first-order valence-corrected chi connectivity index (χ1v) is 8.71. The van der Waals surface area contributed by atoms with E-state index in [9.17, 15) is 0 Å². The summed E-state index contributed by atoms with van der Waals surface area (Å²) in [6.07, 6.45) is 8.15. The summed E-state index contributed by atoms with van der Waals surface area (Å²) in [4.78, 5) is 0. The number of ether oxygens (including phenoxy) is 1. The van der Waals surface area contributed by atoms with Gasteiger partial charge in [0.2, 0.25) is 0 Å². The Bertz CT molecular complexity index is 410. The van der Waals surface area contributed by atoms with Gasteiger partial charge < -0.3 is 10.1 Å². The molecule has 2 nitrogen and oxygen atoms in total. The molecule has 0 spiro atoms. The van der Waals surface area contributed by atoms with E-state index in [4.69, 9.17) is 4.74 Å². The summed E-state index contributed by atoms with van der Waals surface area (Å²) in [5.41, 5.74) is 1.46. The fourth-order valence-corrected chi connectivity index (χ4v) is 3.24. The summed E-state index contributed by atoms with van der Waals surface area (Å²) in [6, 6.07) is 9.63. The molecular formula is C17H24BrNO. The van der Waals surface area contributed by atoms with Crippen LogP contribution >= 0.6 is 15.9 Å². The maximum Gasteiger partial charge on any atom is 0.0576 e. The summed E-state index contributed by atoms with van der Waals surface area (Å²) in [5.74, 6) is 0.618. The number of nitrogens with one attached hydrogen (secondary N) is 1. The van der Waals surface area contributed by atoms with Gasteiger partial charge in [-0.05, 0) is 62.1 Å². The fraction of sp³-hybridized carbons (Fsp3) is 0.647. The average Bonchev–Trinajstić information content (AvgIpc) is 3.14. The second-order valence-electron chi connectivity index (χ2n) is 6.14. The molecule has 1 aromatic rings.